The van der Waals surface area contributed by atoms with Crippen molar-refractivity contribution in [2.75, 3.05) is 0 Å². The van der Waals surface area contributed by atoms with Gasteiger partial charge in [0.2, 0.25) is 0 Å². The van der Waals surface area contributed by atoms with Gasteiger partial charge < -0.3 is 10.2 Å². The smallest absolute Gasteiger partial charge is 0.339 e. The second-order valence-corrected chi connectivity index (χ2v) is 4.32. The average Bonchev–Trinajstić information content (AvgIpc) is 3.08. The first-order chi connectivity index (χ1) is 8.22. The van der Waals surface area contributed by atoms with E-state index in [0.717, 1.165) is 12.8 Å². The van der Waals surface area contributed by atoms with Crippen LogP contribution in [0.3, 0.4) is 0 Å². The van der Waals surface area contributed by atoms with Crippen molar-refractivity contribution in [3.05, 3.63) is 35.2 Å². The molecule has 0 saturated heterocycles. The third-order valence-corrected chi connectivity index (χ3v) is 3.11. The van der Waals surface area contributed by atoms with E-state index in [2.05, 4.69) is 5.10 Å². The number of carboxylic acid groups (broad SMARTS) is 1. The van der Waals surface area contributed by atoms with Crippen molar-refractivity contribution in [3.63, 3.8) is 0 Å². The lowest BCUT2D eigenvalue weighted by atomic mass is 10.1. The molecule has 17 heavy (non-hydrogen) atoms. The van der Waals surface area contributed by atoms with Crippen molar-refractivity contribution >= 4 is 11.5 Å². The quantitative estimate of drug-likeness (QED) is 0.838. The molecule has 5 nitrogen and oxygen atoms in total. The van der Waals surface area contributed by atoms with Crippen LogP contribution in [0.15, 0.2) is 18.3 Å². The Hall–Kier alpha value is -1.88. The number of rotatable bonds is 3. The first kappa shape index (κ1) is 10.3. The number of carboxylic acids is 1. The van der Waals surface area contributed by atoms with Crippen LogP contribution in [0.2, 0.25) is 0 Å². The normalized spacial score (nSPS) is 15.4. The molecule has 1 fully saturated rings. The number of aliphatic hydroxyl groups is 1. The van der Waals surface area contributed by atoms with Gasteiger partial charge in [-0.2, -0.15) is 5.10 Å². The van der Waals surface area contributed by atoms with Gasteiger partial charge in [0, 0.05) is 17.7 Å². The number of aromatic carboxylic acids is 1. The van der Waals surface area contributed by atoms with Gasteiger partial charge in [0.05, 0.1) is 17.8 Å². The van der Waals surface area contributed by atoms with E-state index < -0.39 is 5.97 Å². The molecule has 5 heteroatoms. The van der Waals surface area contributed by atoms with Gasteiger partial charge in [0.15, 0.2) is 0 Å². The maximum Gasteiger partial charge on any atom is 0.339 e. The van der Waals surface area contributed by atoms with Gasteiger partial charge in [-0.1, -0.05) is 6.07 Å². The highest BCUT2D eigenvalue weighted by atomic mass is 16.4. The van der Waals surface area contributed by atoms with E-state index in [4.69, 9.17) is 0 Å². The predicted molar refractivity (Wildman–Crippen MR) is 60.0 cm³/mol. The van der Waals surface area contributed by atoms with Crippen LogP contribution < -0.4 is 0 Å². The lowest BCUT2D eigenvalue weighted by Crippen LogP contribution is -2.01. The number of nitrogens with zero attached hydrogens (tertiary/aromatic N) is 2. The topological polar surface area (TPSA) is 74.8 Å². The molecule has 2 aromatic rings. The van der Waals surface area contributed by atoms with Crippen LogP contribution in [-0.2, 0) is 6.61 Å². The van der Waals surface area contributed by atoms with Crippen molar-refractivity contribution in [3.8, 4) is 0 Å². The molecule has 2 heterocycles. The molecule has 0 unspecified atom stereocenters. The highest BCUT2D eigenvalue weighted by molar-refractivity contribution is 5.98. The fraction of sp³-hybridized carbons (Fsp3) is 0.333. The summed E-state index contributed by atoms with van der Waals surface area (Å²) in [5.74, 6) is -0.699. The lowest BCUT2D eigenvalue weighted by molar-refractivity contribution is 0.0697. The third-order valence-electron chi connectivity index (χ3n) is 3.11. The van der Waals surface area contributed by atoms with Crippen molar-refractivity contribution < 1.29 is 15.0 Å². The minimum absolute atomic E-state index is 0.180. The van der Waals surface area contributed by atoms with Gasteiger partial charge >= 0.3 is 5.97 Å². The zero-order valence-electron chi connectivity index (χ0n) is 9.13. The largest absolute Gasteiger partial charge is 0.478 e. The standard InChI is InChI=1S/C12H12N2O3/c15-6-8-2-1-5-14-11(8)9(12(16)17)10(13-14)7-3-4-7/h1-2,5,7,15H,3-4,6H2,(H,16,17). The molecule has 0 atom stereocenters. The van der Waals surface area contributed by atoms with Crippen LogP contribution in [0.1, 0.15) is 40.4 Å². The highest BCUT2D eigenvalue weighted by Crippen LogP contribution is 2.42. The van der Waals surface area contributed by atoms with Crippen LogP contribution in [0.5, 0.6) is 0 Å². The molecule has 2 aromatic heterocycles. The summed E-state index contributed by atoms with van der Waals surface area (Å²) in [6, 6.07) is 3.48. The van der Waals surface area contributed by atoms with Crippen molar-refractivity contribution in [2.24, 2.45) is 0 Å². The number of fused-ring (bicyclic) bond motifs is 1. The molecule has 1 aliphatic carbocycles. The Labute approximate surface area is 97.3 Å². The zero-order valence-corrected chi connectivity index (χ0v) is 9.13. The summed E-state index contributed by atoms with van der Waals surface area (Å²) < 4.78 is 1.56. The Morgan fingerprint density at radius 1 is 1.53 bits per heavy atom. The van der Waals surface area contributed by atoms with Gasteiger partial charge in [-0.05, 0) is 18.9 Å². The Morgan fingerprint density at radius 2 is 2.29 bits per heavy atom. The molecule has 88 valence electrons. The van der Waals surface area contributed by atoms with Gasteiger partial charge in [-0.25, -0.2) is 9.31 Å². The minimum Gasteiger partial charge on any atom is -0.478 e. The van der Waals surface area contributed by atoms with Crippen LogP contribution in [-0.4, -0.2) is 25.8 Å². The fourth-order valence-corrected chi connectivity index (χ4v) is 2.17. The van der Waals surface area contributed by atoms with E-state index >= 15 is 0 Å². The van der Waals surface area contributed by atoms with E-state index in [1.165, 1.54) is 0 Å². The third kappa shape index (κ3) is 1.51. The number of aromatic nitrogens is 2. The monoisotopic (exact) mass is 232 g/mol. The Bertz CT molecular complexity index is 599. The summed E-state index contributed by atoms with van der Waals surface area (Å²) in [5, 5.41) is 22.9. The van der Waals surface area contributed by atoms with E-state index in [1.807, 2.05) is 0 Å². The fourth-order valence-electron chi connectivity index (χ4n) is 2.17. The van der Waals surface area contributed by atoms with Crippen molar-refractivity contribution in [1.82, 2.24) is 9.61 Å². The molecule has 2 N–H and O–H groups in total. The van der Waals surface area contributed by atoms with Gasteiger partial charge in [-0.15, -0.1) is 0 Å². The molecular formula is C12H12N2O3. The number of aliphatic hydroxyl groups excluding tert-OH is 1. The summed E-state index contributed by atoms with van der Waals surface area (Å²) in [6.45, 7) is -0.180. The summed E-state index contributed by atoms with van der Waals surface area (Å²) in [6.07, 6.45) is 3.71. The van der Waals surface area contributed by atoms with Gasteiger partial charge in [-0.3, -0.25) is 0 Å². The number of carbonyl (C=O) groups is 1. The van der Waals surface area contributed by atoms with E-state index in [1.54, 1.807) is 22.8 Å². The number of pyridine rings is 1. The summed E-state index contributed by atoms with van der Waals surface area (Å²) in [4.78, 5) is 11.4. The first-order valence-corrected chi connectivity index (χ1v) is 5.56. The predicted octanol–water partition coefficient (Wildman–Crippen LogP) is 1.40. The molecule has 0 bridgehead atoms. The summed E-state index contributed by atoms with van der Waals surface area (Å²) in [7, 11) is 0. The Morgan fingerprint density at radius 3 is 2.88 bits per heavy atom. The maximum absolute atomic E-state index is 11.4. The average molecular weight is 232 g/mol. The zero-order chi connectivity index (χ0) is 12.0. The van der Waals surface area contributed by atoms with Crippen molar-refractivity contribution in [1.29, 1.82) is 0 Å². The van der Waals surface area contributed by atoms with E-state index in [9.17, 15) is 15.0 Å². The first-order valence-electron chi connectivity index (χ1n) is 5.56. The summed E-state index contributed by atoms with van der Waals surface area (Å²) in [5.41, 5.74) is 2.02. The van der Waals surface area contributed by atoms with Crippen LogP contribution in [0.4, 0.5) is 0 Å². The second-order valence-electron chi connectivity index (χ2n) is 4.32. The number of hydrogen-bond acceptors (Lipinski definition) is 3. The second kappa shape index (κ2) is 3.56. The van der Waals surface area contributed by atoms with Crippen LogP contribution in [0, 0.1) is 0 Å². The van der Waals surface area contributed by atoms with Gasteiger partial charge in [0.25, 0.3) is 0 Å². The van der Waals surface area contributed by atoms with Crippen LogP contribution >= 0.6 is 0 Å². The SMILES string of the molecule is O=C(O)c1c(C2CC2)nn2cccc(CO)c12. The number of hydrogen-bond donors (Lipinski definition) is 2. The summed E-state index contributed by atoms with van der Waals surface area (Å²) >= 11 is 0. The maximum atomic E-state index is 11.4. The Balaban J connectivity index is 2.35. The molecule has 1 saturated carbocycles. The van der Waals surface area contributed by atoms with E-state index in [-0.39, 0.29) is 18.1 Å². The Kier molecular flexibility index (Phi) is 2.16. The molecular weight excluding hydrogens is 220 g/mol. The molecule has 0 amide bonds. The highest BCUT2D eigenvalue weighted by Gasteiger charge is 2.33. The van der Waals surface area contributed by atoms with Crippen molar-refractivity contribution in [2.45, 2.75) is 25.4 Å². The van der Waals surface area contributed by atoms with Crippen LogP contribution in [0.25, 0.3) is 5.52 Å². The molecule has 3 rings (SSSR count). The molecule has 0 spiro atoms. The minimum atomic E-state index is -0.970. The van der Waals surface area contributed by atoms with E-state index in [0.29, 0.717) is 16.8 Å². The molecule has 1 aliphatic rings. The van der Waals surface area contributed by atoms with Gasteiger partial charge in [0.1, 0.15) is 5.56 Å². The molecule has 0 aliphatic heterocycles. The molecule has 0 aromatic carbocycles. The lowest BCUT2D eigenvalue weighted by Gasteiger charge is -2.00. The molecule has 0 radical (unpaired) electrons.